The fourth-order valence-corrected chi connectivity index (χ4v) is 3.91. The number of thioether (sulfide) groups is 1. The summed E-state index contributed by atoms with van der Waals surface area (Å²) in [5, 5.41) is 13.4. The van der Waals surface area contributed by atoms with Gasteiger partial charge in [-0.15, -0.1) is 10.2 Å². The fourth-order valence-electron chi connectivity index (χ4n) is 2.72. The number of aromatic nitrogens is 3. The summed E-state index contributed by atoms with van der Waals surface area (Å²) in [5.41, 5.74) is 5.21. The molecule has 0 spiro atoms. The highest BCUT2D eigenvalue weighted by Gasteiger charge is 2.14. The summed E-state index contributed by atoms with van der Waals surface area (Å²) in [6.07, 6.45) is 0. The van der Waals surface area contributed by atoms with Crippen molar-refractivity contribution < 1.29 is 9.53 Å². The minimum absolute atomic E-state index is 0.190. The molecule has 0 aliphatic rings. The number of halogens is 1. The van der Waals surface area contributed by atoms with Gasteiger partial charge < -0.3 is 9.30 Å². The van der Waals surface area contributed by atoms with Crippen molar-refractivity contribution in [2.75, 3.05) is 12.9 Å². The number of rotatable bonds is 8. The van der Waals surface area contributed by atoms with E-state index < -0.39 is 0 Å². The van der Waals surface area contributed by atoms with Gasteiger partial charge in [-0.25, -0.2) is 5.43 Å². The highest BCUT2D eigenvalue weighted by atomic mass is 79.9. The number of nitrogens with one attached hydrogen (secondary N) is 1. The van der Waals surface area contributed by atoms with Crippen LogP contribution in [0.2, 0.25) is 0 Å². The van der Waals surface area contributed by atoms with E-state index in [0.29, 0.717) is 11.7 Å². The second-order valence-electron chi connectivity index (χ2n) is 6.31. The van der Waals surface area contributed by atoms with Crippen molar-refractivity contribution in [1.82, 2.24) is 20.2 Å². The topological polar surface area (TPSA) is 81.4 Å². The standard InChI is InChI=1S/C21H22BrN5O2S/c1-4-27-20(15-8-10-18(29-3)11-9-15)25-26-21(27)30-13-19(28)24-23-14(2)16-6-5-7-17(22)12-16/h5-12H,4,13H2,1-3H3,(H,24,28)/b23-14+. The van der Waals surface area contributed by atoms with Gasteiger partial charge >= 0.3 is 0 Å². The van der Waals surface area contributed by atoms with Crippen LogP contribution in [0.5, 0.6) is 5.75 Å². The molecule has 3 rings (SSSR count). The Labute approximate surface area is 188 Å². The smallest absolute Gasteiger partial charge is 0.250 e. The quantitative estimate of drug-likeness (QED) is 0.289. The van der Waals surface area contributed by atoms with E-state index in [4.69, 9.17) is 4.74 Å². The number of methoxy groups -OCH3 is 1. The Balaban J connectivity index is 1.63. The largest absolute Gasteiger partial charge is 0.497 e. The van der Waals surface area contributed by atoms with Gasteiger partial charge in [-0.2, -0.15) is 5.10 Å². The van der Waals surface area contributed by atoms with Crippen LogP contribution in [-0.2, 0) is 11.3 Å². The number of benzene rings is 2. The van der Waals surface area contributed by atoms with Crippen LogP contribution < -0.4 is 10.2 Å². The molecule has 1 N–H and O–H groups in total. The molecule has 0 saturated heterocycles. The van der Waals surface area contributed by atoms with E-state index in [1.807, 2.05) is 66.9 Å². The van der Waals surface area contributed by atoms with Gasteiger partial charge in [0, 0.05) is 16.6 Å². The Morgan fingerprint density at radius 1 is 1.23 bits per heavy atom. The van der Waals surface area contributed by atoms with Crippen LogP contribution in [0, 0.1) is 0 Å². The first-order chi connectivity index (χ1) is 14.5. The van der Waals surface area contributed by atoms with Crippen molar-refractivity contribution in [3.8, 4) is 17.1 Å². The molecule has 0 aliphatic heterocycles. The van der Waals surface area contributed by atoms with E-state index in [-0.39, 0.29) is 11.7 Å². The lowest BCUT2D eigenvalue weighted by Crippen LogP contribution is -2.21. The number of hydrogen-bond acceptors (Lipinski definition) is 6. The molecule has 3 aromatic rings. The third-order valence-electron chi connectivity index (χ3n) is 4.30. The molecule has 7 nitrogen and oxygen atoms in total. The normalized spacial score (nSPS) is 11.4. The van der Waals surface area contributed by atoms with Crippen LogP contribution in [0.25, 0.3) is 11.4 Å². The second-order valence-corrected chi connectivity index (χ2v) is 8.17. The molecule has 0 aliphatic carbocycles. The predicted octanol–water partition coefficient (Wildman–Crippen LogP) is 4.37. The maximum absolute atomic E-state index is 12.2. The minimum atomic E-state index is -0.203. The molecule has 0 unspecified atom stereocenters. The first-order valence-electron chi connectivity index (χ1n) is 9.31. The first-order valence-corrected chi connectivity index (χ1v) is 11.1. The summed E-state index contributed by atoms with van der Waals surface area (Å²) in [5.74, 6) is 1.53. The van der Waals surface area contributed by atoms with Gasteiger partial charge in [0.05, 0.1) is 18.6 Å². The molecule has 1 heterocycles. The Hall–Kier alpha value is -2.65. The van der Waals surface area contributed by atoms with Crippen LogP contribution in [-0.4, -0.2) is 39.2 Å². The molecule has 9 heteroatoms. The van der Waals surface area contributed by atoms with E-state index in [2.05, 4.69) is 36.7 Å². The van der Waals surface area contributed by atoms with Crippen molar-refractivity contribution in [1.29, 1.82) is 0 Å². The first kappa shape index (κ1) is 22.0. The molecule has 156 valence electrons. The van der Waals surface area contributed by atoms with Crippen LogP contribution in [0.4, 0.5) is 0 Å². The van der Waals surface area contributed by atoms with Crippen LogP contribution >= 0.6 is 27.7 Å². The van der Waals surface area contributed by atoms with Crippen LogP contribution in [0.1, 0.15) is 19.4 Å². The molecule has 30 heavy (non-hydrogen) atoms. The molecule has 1 amide bonds. The van der Waals surface area contributed by atoms with Crippen molar-refractivity contribution >= 4 is 39.3 Å². The summed E-state index contributed by atoms with van der Waals surface area (Å²) >= 11 is 4.76. The van der Waals surface area contributed by atoms with Gasteiger partial charge in [0.15, 0.2) is 11.0 Å². The summed E-state index contributed by atoms with van der Waals surface area (Å²) in [6, 6.07) is 15.4. The second kappa shape index (κ2) is 10.4. The number of ether oxygens (including phenoxy) is 1. The van der Waals surface area contributed by atoms with Crippen LogP contribution in [0.3, 0.4) is 0 Å². The van der Waals surface area contributed by atoms with Crippen molar-refractivity contribution in [2.45, 2.75) is 25.5 Å². The average Bonchev–Trinajstić information content (AvgIpc) is 3.19. The van der Waals surface area contributed by atoms with E-state index in [0.717, 1.165) is 32.9 Å². The van der Waals surface area contributed by atoms with Gasteiger partial charge in [0.1, 0.15) is 5.75 Å². The van der Waals surface area contributed by atoms with Gasteiger partial charge in [0.2, 0.25) is 0 Å². The lowest BCUT2D eigenvalue weighted by molar-refractivity contribution is -0.118. The third-order valence-corrected chi connectivity index (χ3v) is 5.76. The zero-order chi connectivity index (χ0) is 21.5. The molecule has 1 aromatic heterocycles. The number of hydrazone groups is 1. The van der Waals surface area contributed by atoms with E-state index in [1.165, 1.54) is 11.8 Å². The lowest BCUT2D eigenvalue weighted by Gasteiger charge is -2.08. The van der Waals surface area contributed by atoms with Gasteiger partial charge in [-0.3, -0.25) is 4.79 Å². The highest BCUT2D eigenvalue weighted by molar-refractivity contribution is 9.10. The summed E-state index contributed by atoms with van der Waals surface area (Å²) in [6.45, 7) is 4.56. The van der Waals surface area contributed by atoms with E-state index in [9.17, 15) is 4.79 Å². The Morgan fingerprint density at radius 3 is 2.67 bits per heavy atom. The van der Waals surface area contributed by atoms with E-state index in [1.54, 1.807) is 7.11 Å². The van der Waals surface area contributed by atoms with Crippen LogP contribution in [0.15, 0.2) is 63.3 Å². The fraction of sp³-hybridized carbons (Fsp3) is 0.238. The molecule has 0 saturated carbocycles. The average molecular weight is 488 g/mol. The molecule has 0 bridgehead atoms. The zero-order valence-corrected chi connectivity index (χ0v) is 19.3. The maximum Gasteiger partial charge on any atom is 0.250 e. The zero-order valence-electron chi connectivity index (χ0n) is 16.9. The summed E-state index contributed by atoms with van der Waals surface area (Å²) in [7, 11) is 1.63. The van der Waals surface area contributed by atoms with Gasteiger partial charge in [-0.1, -0.05) is 39.8 Å². The molecular weight excluding hydrogens is 466 g/mol. The molecular formula is C21H22BrN5O2S. The van der Waals surface area contributed by atoms with Gasteiger partial charge in [-0.05, 0) is 55.8 Å². The summed E-state index contributed by atoms with van der Waals surface area (Å²) < 4.78 is 8.14. The van der Waals surface area contributed by atoms with E-state index >= 15 is 0 Å². The number of nitrogens with zero attached hydrogens (tertiary/aromatic N) is 4. The minimum Gasteiger partial charge on any atom is -0.497 e. The lowest BCUT2D eigenvalue weighted by atomic mass is 10.1. The molecule has 0 radical (unpaired) electrons. The predicted molar refractivity (Wildman–Crippen MR) is 123 cm³/mol. The van der Waals surface area contributed by atoms with Crippen molar-refractivity contribution in [2.24, 2.45) is 5.10 Å². The SMILES string of the molecule is CCn1c(SCC(=O)N/N=C(\C)c2cccc(Br)c2)nnc1-c1ccc(OC)cc1. The Kier molecular flexibility index (Phi) is 7.64. The number of carbonyl (C=O) groups excluding carboxylic acids is 1. The molecule has 2 aromatic carbocycles. The monoisotopic (exact) mass is 487 g/mol. The number of hydrogen-bond donors (Lipinski definition) is 1. The van der Waals surface area contributed by atoms with Crippen molar-refractivity contribution in [3.05, 3.63) is 58.6 Å². The van der Waals surface area contributed by atoms with Gasteiger partial charge in [0.25, 0.3) is 5.91 Å². The third kappa shape index (κ3) is 5.48. The Morgan fingerprint density at radius 2 is 2.00 bits per heavy atom. The highest BCUT2D eigenvalue weighted by Crippen LogP contribution is 2.25. The molecule has 0 atom stereocenters. The summed E-state index contributed by atoms with van der Waals surface area (Å²) in [4.78, 5) is 12.2. The van der Waals surface area contributed by atoms with Crippen molar-refractivity contribution in [3.63, 3.8) is 0 Å². The maximum atomic E-state index is 12.2. The number of carbonyl (C=O) groups is 1. The number of amides is 1. The Bertz CT molecular complexity index is 1050. The molecule has 0 fully saturated rings.